The molecular formula is C27H20O7. The molecule has 0 atom stereocenters. The van der Waals surface area contributed by atoms with E-state index in [4.69, 9.17) is 18.9 Å². The summed E-state index contributed by atoms with van der Waals surface area (Å²) >= 11 is 0. The molecule has 0 saturated heterocycles. The second kappa shape index (κ2) is 9.92. The van der Waals surface area contributed by atoms with Gasteiger partial charge in [-0.15, -0.1) is 0 Å². The van der Waals surface area contributed by atoms with Crippen molar-refractivity contribution in [2.45, 2.75) is 0 Å². The van der Waals surface area contributed by atoms with Gasteiger partial charge in [0.05, 0.1) is 19.8 Å². The van der Waals surface area contributed by atoms with E-state index in [0.717, 1.165) is 0 Å². The molecule has 0 amide bonds. The highest BCUT2D eigenvalue weighted by Gasteiger charge is 2.24. The molecule has 1 aliphatic heterocycles. The van der Waals surface area contributed by atoms with E-state index >= 15 is 0 Å². The average Bonchev–Trinajstić information content (AvgIpc) is 2.90. The van der Waals surface area contributed by atoms with Crippen molar-refractivity contribution in [1.29, 1.82) is 0 Å². The first kappa shape index (κ1) is 22.6. The minimum atomic E-state index is -0.715. The molecule has 0 N–H and O–H groups in total. The van der Waals surface area contributed by atoms with Crippen molar-refractivity contribution >= 4 is 17.5 Å². The van der Waals surface area contributed by atoms with Crippen LogP contribution in [-0.4, -0.2) is 45.0 Å². The number of methoxy groups -OCH3 is 2. The SMILES string of the molecule is COC(=O)c1ccc(C#Cc2cc3c(cc2C(=O)C(=O)c2ccc(OC)cc2)OCCO3)cc1. The smallest absolute Gasteiger partial charge is 0.337 e. The van der Waals surface area contributed by atoms with Crippen molar-refractivity contribution in [2.24, 2.45) is 0 Å². The van der Waals surface area contributed by atoms with Gasteiger partial charge < -0.3 is 18.9 Å². The molecule has 0 fully saturated rings. The number of esters is 1. The minimum absolute atomic E-state index is 0.115. The summed E-state index contributed by atoms with van der Waals surface area (Å²) in [6.07, 6.45) is 0. The average molecular weight is 456 g/mol. The van der Waals surface area contributed by atoms with Crippen molar-refractivity contribution in [3.05, 3.63) is 88.5 Å². The highest BCUT2D eigenvalue weighted by molar-refractivity contribution is 6.49. The van der Waals surface area contributed by atoms with Gasteiger partial charge in [-0.2, -0.15) is 0 Å². The van der Waals surface area contributed by atoms with Crippen molar-refractivity contribution in [2.75, 3.05) is 27.4 Å². The van der Waals surface area contributed by atoms with Crippen molar-refractivity contribution in [3.8, 4) is 29.1 Å². The second-order valence-corrected chi connectivity index (χ2v) is 7.25. The maximum Gasteiger partial charge on any atom is 0.337 e. The molecule has 7 nitrogen and oxygen atoms in total. The monoisotopic (exact) mass is 456 g/mol. The highest BCUT2D eigenvalue weighted by atomic mass is 16.6. The van der Waals surface area contributed by atoms with Gasteiger partial charge >= 0.3 is 5.97 Å². The van der Waals surface area contributed by atoms with Crippen molar-refractivity contribution < 1.29 is 33.3 Å². The zero-order valence-electron chi connectivity index (χ0n) is 18.5. The van der Waals surface area contributed by atoms with E-state index in [1.54, 1.807) is 42.5 Å². The number of hydrogen-bond acceptors (Lipinski definition) is 7. The molecule has 0 spiro atoms. The Morgan fingerprint density at radius 2 is 1.38 bits per heavy atom. The summed E-state index contributed by atoms with van der Waals surface area (Å²) in [5, 5.41) is 0. The van der Waals surface area contributed by atoms with Gasteiger partial charge in [0.1, 0.15) is 19.0 Å². The summed E-state index contributed by atoms with van der Waals surface area (Å²) < 4.78 is 21.0. The van der Waals surface area contributed by atoms with E-state index in [9.17, 15) is 14.4 Å². The Morgan fingerprint density at radius 1 is 0.765 bits per heavy atom. The van der Waals surface area contributed by atoms with E-state index in [1.165, 1.54) is 32.4 Å². The van der Waals surface area contributed by atoms with E-state index in [0.29, 0.717) is 47.2 Å². The molecule has 4 rings (SSSR count). The lowest BCUT2D eigenvalue weighted by atomic mass is 9.96. The molecule has 1 heterocycles. The molecule has 170 valence electrons. The third-order valence-electron chi connectivity index (χ3n) is 5.13. The molecule has 0 unspecified atom stereocenters. The Labute approximate surface area is 196 Å². The van der Waals surface area contributed by atoms with Gasteiger partial charge in [-0.05, 0) is 54.6 Å². The molecule has 3 aromatic carbocycles. The summed E-state index contributed by atoms with van der Waals surface area (Å²) in [6.45, 7) is 0.706. The summed E-state index contributed by atoms with van der Waals surface area (Å²) in [5.74, 6) is 5.48. The normalized spacial score (nSPS) is 11.6. The van der Waals surface area contributed by atoms with E-state index < -0.39 is 17.5 Å². The summed E-state index contributed by atoms with van der Waals surface area (Å²) in [4.78, 5) is 37.7. The van der Waals surface area contributed by atoms with Crippen LogP contribution < -0.4 is 14.2 Å². The molecule has 3 aromatic rings. The Morgan fingerprint density at radius 3 is 2.00 bits per heavy atom. The van der Waals surface area contributed by atoms with Gasteiger partial charge in [-0.25, -0.2) is 4.79 Å². The Bertz CT molecular complexity index is 1310. The lowest BCUT2D eigenvalue weighted by Gasteiger charge is -2.19. The lowest BCUT2D eigenvalue weighted by molar-refractivity contribution is 0.0600. The van der Waals surface area contributed by atoms with Gasteiger partial charge in [0.25, 0.3) is 0 Å². The number of hydrogen-bond donors (Lipinski definition) is 0. The lowest BCUT2D eigenvalue weighted by Crippen LogP contribution is -2.19. The topological polar surface area (TPSA) is 88.1 Å². The third kappa shape index (κ3) is 4.76. The van der Waals surface area contributed by atoms with Crippen LogP contribution in [0.1, 0.15) is 42.2 Å². The van der Waals surface area contributed by atoms with Crippen molar-refractivity contribution in [1.82, 2.24) is 0 Å². The van der Waals surface area contributed by atoms with Crippen LogP contribution in [0.3, 0.4) is 0 Å². The van der Waals surface area contributed by atoms with Crippen LogP contribution in [0, 0.1) is 11.8 Å². The number of rotatable bonds is 5. The fourth-order valence-corrected chi connectivity index (χ4v) is 3.32. The fraction of sp³-hybridized carbons (Fsp3) is 0.148. The standard InChI is InChI=1S/C27H20O7/c1-31-21-11-9-18(10-12-21)25(28)26(29)22-16-24-23(33-13-14-34-24)15-20(22)8-5-17-3-6-19(7-4-17)27(30)32-2/h3-4,6-7,9-12,15-16H,13-14H2,1-2H3. The van der Waals surface area contributed by atoms with Gasteiger partial charge in [0.15, 0.2) is 11.5 Å². The summed E-state index contributed by atoms with van der Waals surface area (Å²) in [6, 6.07) is 15.9. The first-order valence-corrected chi connectivity index (χ1v) is 10.4. The van der Waals surface area contributed by atoms with Gasteiger partial charge in [0, 0.05) is 28.3 Å². The molecule has 0 saturated carbocycles. The van der Waals surface area contributed by atoms with E-state index in [-0.39, 0.29) is 11.1 Å². The molecule has 0 aliphatic carbocycles. The van der Waals surface area contributed by atoms with Crippen LogP contribution in [-0.2, 0) is 4.74 Å². The molecule has 34 heavy (non-hydrogen) atoms. The zero-order chi connectivity index (χ0) is 24.1. The minimum Gasteiger partial charge on any atom is -0.497 e. The quantitative estimate of drug-likeness (QED) is 0.250. The number of fused-ring (bicyclic) bond motifs is 1. The Hall–Kier alpha value is -4.57. The number of benzene rings is 3. The van der Waals surface area contributed by atoms with Gasteiger partial charge in [0.2, 0.25) is 11.6 Å². The Kier molecular flexibility index (Phi) is 6.60. The number of ether oxygens (including phenoxy) is 4. The highest BCUT2D eigenvalue weighted by Crippen LogP contribution is 2.33. The molecular weight excluding hydrogens is 436 g/mol. The van der Waals surface area contributed by atoms with Crippen LogP contribution in [0.4, 0.5) is 0 Å². The third-order valence-corrected chi connectivity index (χ3v) is 5.13. The largest absolute Gasteiger partial charge is 0.497 e. The van der Waals surface area contributed by atoms with Crippen LogP contribution in [0.5, 0.6) is 17.2 Å². The zero-order valence-corrected chi connectivity index (χ0v) is 18.5. The maximum absolute atomic E-state index is 13.2. The molecule has 0 aromatic heterocycles. The van der Waals surface area contributed by atoms with Crippen LogP contribution in [0.2, 0.25) is 0 Å². The van der Waals surface area contributed by atoms with Crippen LogP contribution in [0.15, 0.2) is 60.7 Å². The van der Waals surface area contributed by atoms with Crippen LogP contribution in [0.25, 0.3) is 0 Å². The number of ketones is 2. The van der Waals surface area contributed by atoms with E-state index in [1.807, 2.05) is 0 Å². The van der Waals surface area contributed by atoms with Gasteiger partial charge in [-0.3, -0.25) is 9.59 Å². The number of carbonyl (C=O) groups is 3. The molecule has 7 heteroatoms. The van der Waals surface area contributed by atoms with E-state index in [2.05, 4.69) is 11.8 Å². The summed E-state index contributed by atoms with van der Waals surface area (Å²) in [7, 11) is 2.83. The molecule has 1 aliphatic rings. The second-order valence-electron chi connectivity index (χ2n) is 7.25. The predicted octanol–water partition coefficient (Wildman–Crippen LogP) is 3.72. The molecule has 0 radical (unpaired) electrons. The first-order valence-electron chi connectivity index (χ1n) is 10.4. The number of Topliss-reactive ketones (excluding diaryl/α,β-unsaturated/α-hetero) is 2. The predicted molar refractivity (Wildman–Crippen MR) is 123 cm³/mol. The molecule has 0 bridgehead atoms. The van der Waals surface area contributed by atoms with Gasteiger partial charge in [-0.1, -0.05) is 11.8 Å². The van der Waals surface area contributed by atoms with Crippen molar-refractivity contribution in [3.63, 3.8) is 0 Å². The number of carbonyl (C=O) groups excluding carboxylic acids is 3. The first-order chi connectivity index (χ1) is 16.5. The fourth-order valence-electron chi connectivity index (χ4n) is 3.32. The summed E-state index contributed by atoms with van der Waals surface area (Å²) in [5.41, 5.74) is 1.69. The van der Waals surface area contributed by atoms with Crippen LogP contribution >= 0.6 is 0 Å². The maximum atomic E-state index is 13.2. The Balaban J connectivity index is 1.70.